The second kappa shape index (κ2) is 3.68. The lowest BCUT2D eigenvalue weighted by Crippen LogP contribution is -2.16. The minimum atomic E-state index is -0.0789. The summed E-state index contributed by atoms with van der Waals surface area (Å²) in [6.07, 6.45) is 0. The first-order chi connectivity index (χ1) is 7.15. The van der Waals surface area contributed by atoms with E-state index >= 15 is 0 Å². The summed E-state index contributed by atoms with van der Waals surface area (Å²) in [5.41, 5.74) is 6.88. The van der Waals surface area contributed by atoms with Gasteiger partial charge in [0.05, 0.1) is 12.2 Å². The van der Waals surface area contributed by atoms with E-state index in [1.54, 1.807) is 12.1 Å². The van der Waals surface area contributed by atoms with Crippen LogP contribution in [0.1, 0.15) is 10.5 Å². The number of Topliss-reactive ketones (excluding diaryl/α,β-unsaturated/α-hetero) is 1. The summed E-state index contributed by atoms with van der Waals surface area (Å²) in [6.45, 7) is 0.0157. The Kier molecular flexibility index (Phi) is 2.50. The topological polar surface area (TPSA) is 48.0 Å². The molecule has 0 saturated heterocycles. The Hall–Kier alpha value is -1.32. The molecule has 0 amide bonds. The van der Waals surface area contributed by atoms with E-state index in [0.29, 0.717) is 10.7 Å². The second-order valence-electron chi connectivity index (χ2n) is 3.39. The Morgan fingerprint density at radius 3 is 2.87 bits per heavy atom. The van der Waals surface area contributed by atoms with Gasteiger partial charge >= 0.3 is 0 Å². The number of halogens is 1. The molecular formula is C11H11ClN2O. The molecule has 0 aliphatic carbocycles. The summed E-state index contributed by atoms with van der Waals surface area (Å²) >= 11 is 6.03. The van der Waals surface area contributed by atoms with Crippen LogP contribution in [0.4, 0.5) is 0 Å². The maximum atomic E-state index is 11.5. The van der Waals surface area contributed by atoms with Crippen LogP contribution in [-0.4, -0.2) is 16.9 Å². The normalized spacial score (nSPS) is 10.9. The second-order valence-corrected chi connectivity index (χ2v) is 3.80. The average Bonchev–Trinajstić information content (AvgIpc) is 2.57. The Morgan fingerprint density at radius 1 is 1.53 bits per heavy atom. The average molecular weight is 223 g/mol. The molecule has 0 unspecified atom stereocenters. The molecule has 1 aromatic heterocycles. The third-order valence-electron chi connectivity index (χ3n) is 2.50. The van der Waals surface area contributed by atoms with Gasteiger partial charge in [0.15, 0.2) is 5.78 Å². The molecule has 3 nitrogen and oxygen atoms in total. The number of hydrogen-bond acceptors (Lipinski definition) is 2. The number of benzene rings is 1. The van der Waals surface area contributed by atoms with Crippen LogP contribution in [0, 0.1) is 0 Å². The summed E-state index contributed by atoms with van der Waals surface area (Å²) in [6, 6.07) is 7.38. The Balaban J connectivity index is 2.75. The van der Waals surface area contributed by atoms with Gasteiger partial charge in [0.1, 0.15) is 0 Å². The van der Waals surface area contributed by atoms with E-state index in [-0.39, 0.29) is 12.3 Å². The Morgan fingerprint density at radius 2 is 2.27 bits per heavy atom. The van der Waals surface area contributed by atoms with Crippen molar-refractivity contribution >= 4 is 28.3 Å². The van der Waals surface area contributed by atoms with Crippen molar-refractivity contribution < 1.29 is 4.79 Å². The van der Waals surface area contributed by atoms with Crippen LogP contribution in [0.2, 0.25) is 5.02 Å². The molecule has 0 aliphatic rings. The van der Waals surface area contributed by atoms with E-state index in [1.165, 1.54) is 0 Å². The predicted octanol–water partition coefficient (Wildman–Crippen LogP) is 1.97. The monoisotopic (exact) mass is 222 g/mol. The SMILES string of the molecule is Cn1c(C(=O)CN)cc2c(Cl)cccc21. The van der Waals surface area contributed by atoms with Gasteiger partial charge in [0, 0.05) is 23.0 Å². The standard InChI is InChI=1S/C11H11ClN2O/c1-14-9-4-2-3-8(12)7(9)5-10(14)11(15)6-13/h2-5H,6,13H2,1H3. The Bertz CT molecular complexity index is 531. The van der Waals surface area contributed by atoms with E-state index in [9.17, 15) is 4.79 Å². The summed E-state index contributed by atoms with van der Waals surface area (Å²) < 4.78 is 1.82. The van der Waals surface area contributed by atoms with Crippen molar-refractivity contribution in [2.75, 3.05) is 6.54 Å². The largest absolute Gasteiger partial charge is 0.341 e. The van der Waals surface area contributed by atoms with E-state index < -0.39 is 0 Å². The fourth-order valence-electron chi connectivity index (χ4n) is 1.70. The first kappa shape index (κ1) is 10.2. The van der Waals surface area contributed by atoms with E-state index in [2.05, 4.69) is 0 Å². The first-order valence-electron chi connectivity index (χ1n) is 4.62. The third kappa shape index (κ3) is 1.54. The van der Waals surface area contributed by atoms with Crippen molar-refractivity contribution in [3.8, 4) is 0 Å². The van der Waals surface area contributed by atoms with Gasteiger partial charge in [0.25, 0.3) is 0 Å². The number of fused-ring (bicyclic) bond motifs is 1. The van der Waals surface area contributed by atoms with Gasteiger partial charge in [-0.2, -0.15) is 0 Å². The quantitative estimate of drug-likeness (QED) is 0.790. The van der Waals surface area contributed by atoms with Crippen LogP contribution in [-0.2, 0) is 7.05 Å². The highest BCUT2D eigenvalue weighted by Crippen LogP contribution is 2.26. The van der Waals surface area contributed by atoms with Crippen molar-refractivity contribution in [3.63, 3.8) is 0 Å². The first-order valence-corrected chi connectivity index (χ1v) is 5.00. The van der Waals surface area contributed by atoms with Crippen LogP contribution >= 0.6 is 11.6 Å². The molecule has 0 bridgehead atoms. The number of hydrogen-bond donors (Lipinski definition) is 1. The molecule has 0 fully saturated rings. The summed E-state index contributed by atoms with van der Waals surface area (Å²) in [5, 5.41) is 1.54. The molecule has 2 N–H and O–H groups in total. The summed E-state index contributed by atoms with van der Waals surface area (Å²) in [4.78, 5) is 11.5. The number of ketones is 1. The third-order valence-corrected chi connectivity index (χ3v) is 2.83. The van der Waals surface area contributed by atoms with Crippen molar-refractivity contribution in [2.45, 2.75) is 0 Å². The van der Waals surface area contributed by atoms with Crippen molar-refractivity contribution in [3.05, 3.63) is 35.0 Å². The van der Waals surface area contributed by atoms with Crippen LogP contribution in [0.15, 0.2) is 24.3 Å². The molecular weight excluding hydrogens is 212 g/mol. The smallest absolute Gasteiger partial charge is 0.192 e. The van der Waals surface area contributed by atoms with Gasteiger partial charge in [-0.3, -0.25) is 4.79 Å². The van der Waals surface area contributed by atoms with E-state index in [0.717, 1.165) is 10.9 Å². The highest BCUT2D eigenvalue weighted by atomic mass is 35.5. The maximum Gasteiger partial charge on any atom is 0.192 e. The van der Waals surface area contributed by atoms with Gasteiger partial charge in [-0.15, -0.1) is 0 Å². The predicted molar refractivity (Wildman–Crippen MR) is 61.3 cm³/mol. The van der Waals surface area contributed by atoms with Gasteiger partial charge in [-0.1, -0.05) is 17.7 Å². The Labute approximate surface area is 92.4 Å². The molecule has 1 aromatic carbocycles. The lowest BCUT2D eigenvalue weighted by atomic mass is 10.2. The highest BCUT2D eigenvalue weighted by Gasteiger charge is 2.12. The van der Waals surface area contributed by atoms with Crippen molar-refractivity contribution in [1.29, 1.82) is 0 Å². The van der Waals surface area contributed by atoms with Gasteiger partial charge in [-0.05, 0) is 18.2 Å². The fourth-order valence-corrected chi connectivity index (χ4v) is 1.92. The molecule has 4 heteroatoms. The number of aromatic nitrogens is 1. The number of nitrogens with zero attached hydrogens (tertiary/aromatic N) is 1. The summed E-state index contributed by atoms with van der Waals surface area (Å²) in [7, 11) is 1.83. The molecule has 0 radical (unpaired) electrons. The lowest BCUT2D eigenvalue weighted by Gasteiger charge is -2.00. The molecule has 1 heterocycles. The number of carbonyl (C=O) groups excluding carboxylic acids is 1. The van der Waals surface area contributed by atoms with Crippen molar-refractivity contribution in [2.24, 2.45) is 12.8 Å². The van der Waals surface area contributed by atoms with Crippen LogP contribution in [0.25, 0.3) is 10.9 Å². The van der Waals surface area contributed by atoms with Crippen LogP contribution < -0.4 is 5.73 Å². The molecule has 78 valence electrons. The molecule has 0 spiro atoms. The minimum absolute atomic E-state index is 0.0157. The highest BCUT2D eigenvalue weighted by molar-refractivity contribution is 6.35. The number of carbonyl (C=O) groups is 1. The minimum Gasteiger partial charge on any atom is -0.341 e. The molecule has 0 aliphatic heterocycles. The lowest BCUT2D eigenvalue weighted by molar-refractivity contribution is 0.0994. The van der Waals surface area contributed by atoms with E-state index in [1.807, 2.05) is 23.7 Å². The maximum absolute atomic E-state index is 11.5. The molecule has 2 rings (SSSR count). The molecule has 0 saturated carbocycles. The van der Waals surface area contributed by atoms with Crippen LogP contribution in [0.3, 0.4) is 0 Å². The zero-order chi connectivity index (χ0) is 11.0. The van der Waals surface area contributed by atoms with Crippen molar-refractivity contribution in [1.82, 2.24) is 4.57 Å². The molecule has 15 heavy (non-hydrogen) atoms. The van der Waals surface area contributed by atoms with Gasteiger partial charge in [-0.25, -0.2) is 0 Å². The molecule has 2 aromatic rings. The van der Waals surface area contributed by atoms with Crippen LogP contribution in [0.5, 0.6) is 0 Å². The number of nitrogens with two attached hydrogens (primary N) is 1. The summed E-state index contributed by atoms with van der Waals surface area (Å²) in [5.74, 6) is -0.0789. The zero-order valence-electron chi connectivity index (χ0n) is 8.33. The number of rotatable bonds is 2. The van der Waals surface area contributed by atoms with E-state index in [4.69, 9.17) is 17.3 Å². The van der Waals surface area contributed by atoms with Gasteiger partial charge < -0.3 is 10.3 Å². The zero-order valence-corrected chi connectivity index (χ0v) is 9.08. The fraction of sp³-hybridized carbons (Fsp3) is 0.182. The van der Waals surface area contributed by atoms with Gasteiger partial charge in [0.2, 0.25) is 0 Å². The molecule has 0 atom stereocenters. The number of aryl methyl sites for hydroxylation is 1.